The fourth-order valence-electron chi connectivity index (χ4n) is 1.30. The van der Waals surface area contributed by atoms with Gasteiger partial charge in [0.1, 0.15) is 0 Å². The molecule has 0 saturated heterocycles. The van der Waals surface area contributed by atoms with Crippen LogP contribution in [0.15, 0.2) is 11.7 Å². The Labute approximate surface area is 93.9 Å². The summed E-state index contributed by atoms with van der Waals surface area (Å²) in [4.78, 5) is 16.4. The van der Waals surface area contributed by atoms with E-state index < -0.39 is 0 Å². The highest BCUT2D eigenvalue weighted by molar-refractivity contribution is 7.09. The van der Waals surface area contributed by atoms with Gasteiger partial charge in [-0.25, -0.2) is 0 Å². The molecule has 4 nitrogen and oxygen atoms in total. The van der Waals surface area contributed by atoms with Gasteiger partial charge in [-0.1, -0.05) is 13.3 Å². The molecule has 1 amide bonds. The van der Waals surface area contributed by atoms with E-state index in [9.17, 15) is 4.79 Å². The molecule has 0 radical (unpaired) electrons. The highest BCUT2D eigenvalue weighted by Gasteiger charge is 2.08. The Kier molecular flexibility index (Phi) is 5.28. The topological polar surface area (TPSA) is 68.0 Å². The summed E-state index contributed by atoms with van der Waals surface area (Å²) < 4.78 is 0. The number of carbonyl (C=O) groups is 1. The Morgan fingerprint density at radius 2 is 2.53 bits per heavy atom. The van der Waals surface area contributed by atoms with Crippen molar-refractivity contribution >= 4 is 17.2 Å². The van der Waals surface area contributed by atoms with Crippen molar-refractivity contribution in [1.82, 2.24) is 10.3 Å². The molecule has 0 saturated carbocycles. The van der Waals surface area contributed by atoms with E-state index in [1.54, 1.807) is 11.7 Å². The van der Waals surface area contributed by atoms with Crippen LogP contribution in [0.5, 0.6) is 0 Å². The van der Waals surface area contributed by atoms with Gasteiger partial charge in [-0.3, -0.25) is 9.78 Å². The summed E-state index contributed by atoms with van der Waals surface area (Å²) in [7, 11) is 0. The van der Waals surface area contributed by atoms with Crippen molar-refractivity contribution in [3.05, 3.63) is 16.6 Å². The normalized spacial score (nSPS) is 12.4. The Bertz CT molecular complexity index is 287. The van der Waals surface area contributed by atoms with E-state index in [1.165, 1.54) is 11.3 Å². The first-order valence-corrected chi connectivity index (χ1v) is 6.00. The molecular weight excluding hydrogens is 210 g/mol. The smallest absolute Gasteiger partial charge is 0.221 e. The molecule has 0 aliphatic rings. The highest BCUT2D eigenvalue weighted by atomic mass is 32.1. The average Bonchev–Trinajstić information content (AvgIpc) is 2.67. The van der Waals surface area contributed by atoms with E-state index in [4.69, 9.17) is 5.73 Å². The van der Waals surface area contributed by atoms with Crippen LogP contribution in [0.2, 0.25) is 0 Å². The molecule has 3 N–H and O–H groups in total. The lowest BCUT2D eigenvalue weighted by Crippen LogP contribution is -2.31. The van der Waals surface area contributed by atoms with Gasteiger partial charge in [0.15, 0.2) is 0 Å². The number of thiazole rings is 1. The minimum atomic E-state index is -0.0172. The zero-order valence-corrected chi connectivity index (χ0v) is 9.72. The first kappa shape index (κ1) is 12.1. The number of carbonyl (C=O) groups excluding carboxylic acids is 1. The fraction of sp³-hybridized carbons (Fsp3) is 0.600. The SMILES string of the molecule is CCCC(N)CC(=O)NCc1cncs1. The van der Waals surface area contributed by atoms with E-state index >= 15 is 0 Å². The van der Waals surface area contributed by atoms with Gasteiger partial charge in [-0.15, -0.1) is 11.3 Å². The molecule has 1 aromatic rings. The van der Waals surface area contributed by atoms with E-state index in [2.05, 4.69) is 17.2 Å². The lowest BCUT2D eigenvalue weighted by molar-refractivity contribution is -0.121. The Balaban J connectivity index is 2.19. The van der Waals surface area contributed by atoms with Crippen molar-refractivity contribution in [1.29, 1.82) is 0 Å². The van der Waals surface area contributed by atoms with E-state index in [-0.39, 0.29) is 11.9 Å². The molecule has 1 unspecified atom stereocenters. The molecule has 0 aromatic carbocycles. The molecule has 1 heterocycles. The third-order valence-corrected chi connectivity index (χ3v) is 2.83. The number of nitrogens with zero attached hydrogens (tertiary/aromatic N) is 1. The zero-order chi connectivity index (χ0) is 11.1. The third-order valence-electron chi connectivity index (χ3n) is 2.05. The molecule has 0 fully saturated rings. The molecular formula is C10H17N3OS. The summed E-state index contributed by atoms with van der Waals surface area (Å²) >= 11 is 1.54. The van der Waals surface area contributed by atoms with Crippen LogP contribution in [0.4, 0.5) is 0 Å². The lowest BCUT2D eigenvalue weighted by Gasteiger charge is -2.09. The Hall–Kier alpha value is -0.940. The van der Waals surface area contributed by atoms with Gasteiger partial charge in [-0.05, 0) is 6.42 Å². The predicted molar refractivity (Wildman–Crippen MR) is 61.5 cm³/mol. The summed E-state index contributed by atoms with van der Waals surface area (Å²) in [6.07, 6.45) is 4.08. The molecule has 0 bridgehead atoms. The number of hydrogen-bond donors (Lipinski definition) is 2. The maximum Gasteiger partial charge on any atom is 0.221 e. The monoisotopic (exact) mass is 227 g/mol. The van der Waals surface area contributed by atoms with Crippen molar-refractivity contribution in [2.75, 3.05) is 0 Å². The van der Waals surface area contributed by atoms with Crippen LogP contribution in [-0.2, 0) is 11.3 Å². The maximum atomic E-state index is 11.4. The summed E-state index contributed by atoms with van der Waals surface area (Å²) in [5, 5.41) is 2.83. The predicted octanol–water partition coefficient (Wildman–Crippen LogP) is 1.28. The Morgan fingerprint density at radius 3 is 3.13 bits per heavy atom. The molecule has 1 aromatic heterocycles. The first-order valence-electron chi connectivity index (χ1n) is 5.12. The van der Waals surface area contributed by atoms with Crippen LogP contribution in [-0.4, -0.2) is 16.9 Å². The van der Waals surface area contributed by atoms with Crippen LogP contribution < -0.4 is 11.1 Å². The van der Waals surface area contributed by atoms with E-state index in [0.717, 1.165) is 17.7 Å². The molecule has 0 aliphatic heterocycles. The molecule has 84 valence electrons. The molecule has 1 atom stereocenters. The van der Waals surface area contributed by atoms with Gasteiger partial charge in [-0.2, -0.15) is 0 Å². The van der Waals surface area contributed by atoms with Crippen molar-refractivity contribution < 1.29 is 4.79 Å². The Morgan fingerprint density at radius 1 is 1.73 bits per heavy atom. The number of nitrogens with one attached hydrogen (secondary N) is 1. The molecule has 5 heteroatoms. The first-order chi connectivity index (χ1) is 7.22. The number of aromatic nitrogens is 1. The van der Waals surface area contributed by atoms with Crippen LogP contribution >= 0.6 is 11.3 Å². The van der Waals surface area contributed by atoms with Gasteiger partial charge < -0.3 is 11.1 Å². The van der Waals surface area contributed by atoms with Gasteiger partial charge >= 0.3 is 0 Å². The second-order valence-electron chi connectivity index (χ2n) is 3.50. The van der Waals surface area contributed by atoms with Crippen LogP contribution in [0, 0.1) is 0 Å². The second-order valence-corrected chi connectivity index (χ2v) is 4.47. The second kappa shape index (κ2) is 6.53. The third kappa shape index (κ3) is 4.90. The van der Waals surface area contributed by atoms with Gasteiger partial charge in [0.05, 0.1) is 12.1 Å². The van der Waals surface area contributed by atoms with Crippen molar-refractivity contribution in [2.24, 2.45) is 5.73 Å². The molecule has 15 heavy (non-hydrogen) atoms. The standard InChI is InChI=1S/C10H17N3OS/c1-2-3-8(11)4-10(14)13-6-9-5-12-7-15-9/h5,7-8H,2-4,6,11H2,1H3,(H,13,14). The number of amides is 1. The minimum absolute atomic E-state index is 0.0172. The molecule has 1 rings (SSSR count). The highest BCUT2D eigenvalue weighted by Crippen LogP contribution is 2.04. The van der Waals surface area contributed by atoms with Gasteiger partial charge in [0.25, 0.3) is 0 Å². The molecule has 0 aliphatic carbocycles. The lowest BCUT2D eigenvalue weighted by atomic mass is 10.1. The molecule has 0 spiro atoms. The van der Waals surface area contributed by atoms with Crippen molar-refractivity contribution in [3.8, 4) is 0 Å². The fourth-order valence-corrected chi connectivity index (χ4v) is 1.83. The number of nitrogens with two attached hydrogens (primary N) is 1. The quantitative estimate of drug-likeness (QED) is 0.769. The minimum Gasteiger partial charge on any atom is -0.351 e. The number of hydrogen-bond acceptors (Lipinski definition) is 4. The number of rotatable bonds is 6. The maximum absolute atomic E-state index is 11.4. The zero-order valence-electron chi connectivity index (χ0n) is 8.90. The van der Waals surface area contributed by atoms with Gasteiger partial charge in [0, 0.05) is 23.5 Å². The van der Waals surface area contributed by atoms with Crippen molar-refractivity contribution in [2.45, 2.75) is 38.8 Å². The van der Waals surface area contributed by atoms with Crippen LogP contribution in [0.3, 0.4) is 0 Å². The summed E-state index contributed by atoms with van der Waals surface area (Å²) in [6.45, 7) is 2.62. The summed E-state index contributed by atoms with van der Waals surface area (Å²) in [6, 6.07) is -0.0172. The van der Waals surface area contributed by atoms with E-state index in [1.807, 2.05) is 0 Å². The van der Waals surface area contributed by atoms with Crippen LogP contribution in [0.25, 0.3) is 0 Å². The van der Waals surface area contributed by atoms with E-state index in [0.29, 0.717) is 13.0 Å². The summed E-state index contributed by atoms with van der Waals surface area (Å²) in [5.74, 6) is 0.0179. The van der Waals surface area contributed by atoms with Crippen LogP contribution in [0.1, 0.15) is 31.1 Å². The average molecular weight is 227 g/mol. The largest absolute Gasteiger partial charge is 0.351 e. The summed E-state index contributed by atoms with van der Waals surface area (Å²) in [5.41, 5.74) is 7.52. The van der Waals surface area contributed by atoms with Crippen molar-refractivity contribution in [3.63, 3.8) is 0 Å². The van der Waals surface area contributed by atoms with Gasteiger partial charge in [0.2, 0.25) is 5.91 Å².